The molecule has 3 aromatic rings. The Balaban J connectivity index is 1.28. The molecule has 0 saturated carbocycles. The van der Waals surface area contributed by atoms with Gasteiger partial charge in [0, 0.05) is 43.0 Å². The van der Waals surface area contributed by atoms with Crippen molar-refractivity contribution < 1.29 is 14.3 Å². The summed E-state index contributed by atoms with van der Waals surface area (Å²) in [6, 6.07) is 16.9. The summed E-state index contributed by atoms with van der Waals surface area (Å²) in [7, 11) is 1.62. The lowest BCUT2D eigenvalue weighted by molar-refractivity contribution is -0.120. The average Bonchev–Trinajstić information content (AvgIpc) is 3.38. The van der Waals surface area contributed by atoms with Crippen LogP contribution in [0.25, 0.3) is 0 Å². The molecule has 2 aromatic carbocycles. The molecule has 1 unspecified atom stereocenters. The van der Waals surface area contributed by atoms with Crippen LogP contribution in [-0.2, 0) is 17.8 Å². The lowest BCUT2D eigenvalue weighted by Gasteiger charge is -2.32. The first-order valence-corrected chi connectivity index (χ1v) is 10.9. The third-order valence-corrected chi connectivity index (χ3v) is 5.89. The number of benzene rings is 2. The van der Waals surface area contributed by atoms with E-state index in [9.17, 15) is 9.59 Å². The van der Waals surface area contributed by atoms with Gasteiger partial charge in [-0.05, 0) is 54.3 Å². The fraction of sp³-hybridized carbons (Fsp3) is 0.320. The molecule has 2 amide bonds. The predicted molar refractivity (Wildman–Crippen MR) is 121 cm³/mol. The second-order valence-electron chi connectivity index (χ2n) is 8.10. The number of likely N-dealkylation sites (tertiary alicyclic amines) is 1. The van der Waals surface area contributed by atoms with Gasteiger partial charge in [0.05, 0.1) is 13.5 Å². The highest BCUT2D eigenvalue weighted by atomic mass is 16.5. The second-order valence-corrected chi connectivity index (χ2v) is 8.10. The molecular formula is C25H28N4O3. The number of carbonyl (C=O) groups excluding carboxylic acids is 2. The van der Waals surface area contributed by atoms with Crippen molar-refractivity contribution in [2.75, 3.05) is 20.2 Å². The van der Waals surface area contributed by atoms with Crippen LogP contribution in [0, 0.1) is 0 Å². The van der Waals surface area contributed by atoms with Crippen LogP contribution in [0.5, 0.6) is 5.75 Å². The lowest BCUT2D eigenvalue weighted by Crippen LogP contribution is -2.39. The van der Waals surface area contributed by atoms with E-state index in [-0.39, 0.29) is 11.8 Å². The molecule has 7 heteroatoms. The first kappa shape index (κ1) is 21.6. The lowest BCUT2D eigenvalue weighted by atomic mass is 9.94. The second kappa shape index (κ2) is 10.1. The minimum absolute atomic E-state index is 0.0457. The molecule has 166 valence electrons. The summed E-state index contributed by atoms with van der Waals surface area (Å²) in [5, 5.41) is 10.00. The number of H-pyrrole nitrogens is 1. The Hall–Kier alpha value is -3.61. The van der Waals surface area contributed by atoms with Crippen LogP contribution in [-0.4, -0.2) is 47.1 Å². The van der Waals surface area contributed by atoms with E-state index in [4.69, 9.17) is 4.74 Å². The van der Waals surface area contributed by atoms with Crippen LogP contribution in [0.2, 0.25) is 0 Å². The number of aromatic amines is 1. The van der Waals surface area contributed by atoms with Crippen molar-refractivity contribution in [1.29, 1.82) is 0 Å². The van der Waals surface area contributed by atoms with Gasteiger partial charge in [-0.1, -0.05) is 24.3 Å². The largest absolute Gasteiger partial charge is 0.497 e. The van der Waals surface area contributed by atoms with Crippen molar-refractivity contribution in [2.45, 2.75) is 31.7 Å². The molecule has 1 fully saturated rings. The molecule has 7 nitrogen and oxygen atoms in total. The number of amides is 2. The summed E-state index contributed by atoms with van der Waals surface area (Å²) in [6.45, 7) is 1.89. The third kappa shape index (κ3) is 5.35. The summed E-state index contributed by atoms with van der Waals surface area (Å²) in [5.41, 5.74) is 3.64. The van der Waals surface area contributed by atoms with Crippen LogP contribution < -0.4 is 10.1 Å². The first-order valence-electron chi connectivity index (χ1n) is 10.9. The number of carbonyl (C=O) groups is 2. The topological polar surface area (TPSA) is 87.3 Å². The SMILES string of the molecule is COc1ccc(CC(=O)NCc2ccc(C(=O)N3CCCC(c4ccn[nH]4)C3)cc2)cc1. The number of nitrogens with zero attached hydrogens (tertiary/aromatic N) is 2. The summed E-state index contributed by atoms with van der Waals surface area (Å²) in [6.07, 6.45) is 4.10. The highest BCUT2D eigenvalue weighted by Gasteiger charge is 2.26. The van der Waals surface area contributed by atoms with E-state index in [0.29, 0.717) is 31.0 Å². The van der Waals surface area contributed by atoms with Crippen LogP contribution in [0.3, 0.4) is 0 Å². The molecule has 1 aliphatic rings. The zero-order valence-electron chi connectivity index (χ0n) is 18.2. The van der Waals surface area contributed by atoms with Crippen molar-refractivity contribution in [3.8, 4) is 5.75 Å². The summed E-state index contributed by atoms with van der Waals surface area (Å²) >= 11 is 0. The fourth-order valence-electron chi connectivity index (χ4n) is 4.05. The van der Waals surface area contributed by atoms with Crippen molar-refractivity contribution >= 4 is 11.8 Å². The normalized spacial score (nSPS) is 15.9. The van der Waals surface area contributed by atoms with E-state index in [2.05, 4.69) is 15.5 Å². The molecule has 32 heavy (non-hydrogen) atoms. The molecular weight excluding hydrogens is 404 g/mol. The fourth-order valence-corrected chi connectivity index (χ4v) is 4.05. The molecule has 2 heterocycles. The smallest absolute Gasteiger partial charge is 0.253 e. The summed E-state index contributed by atoms with van der Waals surface area (Å²) in [5.74, 6) is 1.07. The van der Waals surface area contributed by atoms with Gasteiger partial charge in [0.1, 0.15) is 5.75 Å². The van der Waals surface area contributed by atoms with E-state index in [0.717, 1.165) is 42.0 Å². The first-order chi connectivity index (χ1) is 15.6. The Morgan fingerprint density at radius 2 is 1.84 bits per heavy atom. The van der Waals surface area contributed by atoms with Crippen LogP contribution >= 0.6 is 0 Å². The number of methoxy groups -OCH3 is 1. The van der Waals surface area contributed by atoms with Gasteiger partial charge < -0.3 is 15.0 Å². The standard InChI is InChI=1S/C25H28N4O3/c1-32-22-10-6-18(7-11-22)15-24(30)26-16-19-4-8-20(9-5-19)25(31)29-14-2-3-21(17-29)23-12-13-27-28-23/h4-13,21H,2-3,14-17H2,1H3,(H,26,30)(H,27,28). The molecule has 1 saturated heterocycles. The summed E-state index contributed by atoms with van der Waals surface area (Å²) < 4.78 is 5.14. The van der Waals surface area contributed by atoms with Gasteiger partial charge in [-0.25, -0.2) is 0 Å². The molecule has 0 aliphatic carbocycles. The van der Waals surface area contributed by atoms with Crippen molar-refractivity contribution in [1.82, 2.24) is 20.4 Å². The predicted octanol–water partition coefficient (Wildman–Crippen LogP) is 3.30. The molecule has 1 aromatic heterocycles. The minimum atomic E-state index is -0.0477. The molecule has 2 N–H and O–H groups in total. The number of nitrogens with one attached hydrogen (secondary N) is 2. The van der Waals surface area contributed by atoms with E-state index in [1.807, 2.05) is 59.5 Å². The van der Waals surface area contributed by atoms with E-state index < -0.39 is 0 Å². The number of hydrogen-bond donors (Lipinski definition) is 2. The van der Waals surface area contributed by atoms with Crippen molar-refractivity contribution in [2.24, 2.45) is 0 Å². The van der Waals surface area contributed by atoms with E-state index >= 15 is 0 Å². The van der Waals surface area contributed by atoms with Gasteiger partial charge in [-0.3, -0.25) is 14.7 Å². The van der Waals surface area contributed by atoms with Crippen LogP contribution in [0.4, 0.5) is 0 Å². The van der Waals surface area contributed by atoms with Crippen molar-refractivity contribution in [3.05, 3.63) is 83.2 Å². The molecule has 0 radical (unpaired) electrons. The molecule has 0 spiro atoms. The maximum Gasteiger partial charge on any atom is 0.253 e. The van der Waals surface area contributed by atoms with Gasteiger partial charge in [0.2, 0.25) is 5.91 Å². The Labute approximate surface area is 187 Å². The highest BCUT2D eigenvalue weighted by molar-refractivity contribution is 5.94. The number of piperidine rings is 1. The third-order valence-electron chi connectivity index (χ3n) is 5.89. The van der Waals surface area contributed by atoms with Crippen molar-refractivity contribution in [3.63, 3.8) is 0 Å². The Bertz CT molecular complexity index is 1030. The minimum Gasteiger partial charge on any atom is -0.497 e. The number of hydrogen-bond acceptors (Lipinski definition) is 4. The quantitative estimate of drug-likeness (QED) is 0.600. The highest BCUT2D eigenvalue weighted by Crippen LogP contribution is 2.26. The Morgan fingerprint density at radius 3 is 2.53 bits per heavy atom. The maximum atomic E-state index is 13.0. The van der Waals surface area contributed by atoms with E-state index in [1.165, 1.54) is 0 Å². The van der Waals surface area contributed by atoms with Gasteiger partial charge in [0.15, 0.2) is 0 Å². The molecule has 1 aliphatic heterocycles. The monoisotopic (exact) mass is 432 g/mol. The molecule has 0 bridgehead atoms. The zero-order valence-corrected chi connectivity index (χ0v) is 18.2. The van der Waals surface area contributed by atoms with Crippen LogP contribution in [0.1, 0.15) is 45.9 Å². The van der Waals surface area contributed by atoms with Gasteiger partial charge in [-0.2, -0.15) is 5.10 Å². The Kier molecular flexibility index (Phi) is 6.84. The van der Waals surface area contributed by atoms with Gasteiger partial charge in [0.25, 0.3) is 5.91 Å². The van der Waals surface area contributed by atoms with Crippen LogP contribution in [0.15, 0.2) is 60.8 Å². The molecule has 4 rings (SSSR count). The maximum absolute atomic E-state index is 13.0. The Morgan fingerprint density at radius 1 is 1.09 bits per heavy atom. The van der Waals surface area contributed by atoms with Gasteiger partial charge >= 0.3 is 0 Å². The van der Waals surface area contributed by atoms with Gasteiger partial charge in [-0.15, -0.1) is 0 Å². The summed E-state index contributed by atoms with van der Waals surface area (Å²) in [4.78, 5) is 27.1. The number of ether oxygens (including phenoxy) is 1. The molecule has 1 atom stereocenters. The zero-order chi connectivity index (χ0) is 22.3. The van der Waals surface area contributed by atoms with E-state index in [1.54, 1.807) is 13.3 Å². The number of rotatable bonds is 7. The average molecular weight is 433 g/mol. The number of aromatic nitrogens is 2.